The summed E-state index contributed by atoms with van der Waals surface area (Å²) in [4.78, 5) is 0. The summed E-state index contributed by atoms with van der Waals surface area (Å²) in [6.07, 6.45) is 2.84. The van der Waals surface area contributed by atoms with Gasteiger partial charge >= 0.3 is 0 Å². The van der Waals surface area contributed by atoms with Gasteiger partial charge in [-0.15, -0.1) is 0 Å². The molecule has 10 heavy (non-hydrogen) atoms. The van der Waals surface area contributed by atoms with E-state index < -0.39 is 5.60 Å². The molecule has 1 heterocycles. The molecule has 0 bridgehead atoms. The summed E-state index contributed by atoms with van der Waals surface area (Å²) in [5, 5.41) is 9.76. The van der Waals surface area contributed by atoms with E-state index in [-0.39, 0.29) is 0 Å². The van der Waals surface area contributed by atoms with Crippen LogP contribution in [0.3, 0.4) is 0 Å². The van der Waals surface area contributed by atoms with Crippen LogP contribution >= 0.6 is 0 Å². The summed E-state index contributed by atoms with van der Waals surface area (Å²) >= 11 is 0. The Morgan fingerprint density at radius 3 is 2.30 bits per heavy atom. The van der Waals surface area contributed by atoms with Crippen molar-refractivity contribution in [1.29, 1.82) is 0 Å². The van der Waals surface area contributed by atoms with Gasteiger partial charge in [0.25, 0.3) is 0 Å². The van der Waals surface area contributed by atoms with Crippen LogP contribution in [0.25, 0.3) is 0 Å². The van der Waals surface area contributed by atoms with Gasteiger partial charge in [-0.05, 0) is 12.8 Å². The van der Waals surface area contributed by atoms with Crippen LogP contribution in [-0.2, 0) is 4.74 Å². The topological polar surface area (TPSA) is 32.8 Å². The SMILES string of the molecule is CCC(O)(CC)CC1CO1. The van der Waals surface area contributed by atoms with Crippen molar-refractivity contribution in [2.45, 2.75) is 44.8 Å². The van der Waals surface area contributed by atoms with E-state index in [4.69, 9.17) is 4.74 Å². The zero-order valence-corrected chi connectivity index (χ0v) is 6.76. The highest BCUT2D eigenvalue weighted by atomic mass is 16.6. The Morgan fingerprint density at radius 2 is 2.00 bits per heavy atom. The van der Waals surface area contributed by atoms with Crippen LogP contribution in [0.1, 0.15) is 33.1 Å². The van der Waals surface area contributed by atoms with E-state index in [9.17, 15) is 5.11 Å². The fourth-order valence-corrected chi connectivity index (χ4v) is 1.15. The van der Waals surface area contributed by atoms with Crippen molar-refractivity contribution in [1.82, 2.24) is 0 Å². The van der Waals surface area contributed by atoms with E-state index >= 15 is 0 Å². The number of ether oxygens (including phenoxy) is 1. The van der Waals surface area contributed by atoms with Gasteiger partial charge in [-0.25, -0.2) is 0 Å². The molecule has 0 amide bonds. The summed E-state index contributed by atoms with van der Waals surface area (Å²) in [6, 6.07) is 0. The summed E-state index contributed by atoms with van der Waals surface area (Å²) < 4.78 is 5.05. The van der Waals surface area contributed by atoms with Crippen molar-refractivity contribution >= 4 is 0 Å². The minimum atomic E-state index is -0.457. The Bertz CT molecular complexity index is 104. The molecule has 1 N–H and O–H groups in total. The van der Waals surface area contributed by atoms with Crippen LogP contribution < -0.4 is 0 Å². The molecule has 1 aliphatic heterocycles. The number of hydrogen-bond acceptors (Lipinski definition) is 2. The van der Waals surface area contributed by atoms with Crippen LogP contribution in [0.15, 0.2) is 0 Å². The molecule has 0 aromatic carbocycles. The average molecular weight is 144 g/mol. The number of rotatable bonds is 4. The lowest BCUT2D eigenvalue weighted by Crippen LogP contribution is -2.28. The molecule has 60 valence electrons. The molecule has 0 aromatic heterocycles. The zero-order valence-electron chi connectivity index (χ0n) is 6.76. The predicted octanol–water partition coefficient (Wildman–Crippen LogP) is 1.33. The van der Waals surface area contributed by atoms with E-state index in [1.165, 1.54) is 0 Å². The number of hydrogen-bond donors (Lipinski definition) is 1. The van der Waals surface area contributed by atoms with Crippen molar-refractivity contribution in [3.8, 4) is 0 Å². The highest BCUT2D eigenvalue weighted by Crippen LogP contribution is 2.27. The Labute approximate surface area is 62.2 Å². The third-order valence-electron chi connectivity index (χ3n) is 2.33. The molecular weight excluding hydrogens is 128 g/mol. The van der Waals surface area contributed by atoms with E-state index in [1.807, 2.05) is 13.8 Å². The number of epoxide rings is 1. The molecule has 0 aromatic rings. The predicted molar refractivity (Wildman–Crippen MR) is 39.9 cm³/mol. The van der Waals surface area contributed by atoms with Crippen molar-refractivity contribution in [3.63, 3.8) is 0 Å². The molecule has 2 heteroatoms. The van der Waals surface area contributed by atoms with Gasteiger partial charge < -0.3 is 9.84 Å². The first-order valence-electron chi connectivity index (χ1n) is 4.04. The molecule has 2 nitrogen and oxygen atoms in total. The smallest absolute Gasteiger partial charge is 0.0837 e. The molecule has 1 rings (SSSR count). The summed E-state index contributed by atoms with van der Waals surface area (Å²) in [6.45, 7) is 4.89. The minimum absolute atomic E-state index is 0.352. The van der Waals surface area contributed by atoms with Crippen LogP contribution in [-0.4, -0.2) is 23.4 Å². The fourth-order valence-electron chi connectivity index (χ4n) is 1.15. The van der Waals surface area contributed by atoms with Crippen molar-refractivity contribution in [2.75, 3.05) is 6.61 Å². The zero-order chi connectivity index (χ0) is 7.61. The summed E-state index contributed by atoms with van der Waals surface area (Å²) in [5.41, 5.74) is -0.457. The fraction of sp³-hybridized carbons (Fsp3) is 1.00. The van der Waals surface area contributed by atoms with Gasteiger partial charge in [0.05, 0.1) is 18.3 Å². The maximum Gasteiger partial charge on any atom is 0.0837 e. The van der Waals surface area contributed by atoms with Crippen LogP contribution in [0.5, 0.6) is 0 Å². The van der Waals surface area contributed by atoms with Gasteiger partial charge in [0.1, 0.15) is 0 Å². The van der Waals surface area contributed by atoms with Crippen molar-refractivity contribution in [3.05, 3.63) is 0 Å². The second kappa shape index (κ2) is 2.89. The van der Waals surface area contributed by atoms with Gasteiger partial charge in [0.15, 0.2) is 0 Å². The Morgan fingerprint density at radius 1 is 1.50 bits per heavy atom. The Kier molecular flexibility index (Phi) is 2.32. The average Bonchev–Trinajstić information content (AvgIpc) is 2.72. The monoisotopic (exact) mass is 144 g/mol. The van der Waals surface area contributed by atoms with Gasteiger partial charge in [0, 0.05) is 6.42 Å². The summed E-state index contributed by atoms with van der Waals surface area (Å²) in [5.74, 6) is 0. The van der Waals surface area contributed by atoms with Gasteiger partial charge in [-0.3, -0.25) is 0 Å². The highest BCUT2D eigenvalue weighted by molar-refractivity contribution is 4.83. The van der Waals surface area contributed by atoms with E-state index in [0.717, 1.165) is 25.9 Å². The molecular formula is C8H16O2. The van der Waals surface area contributed by atoms with Crippen molar-refractivity contribution in [2.24, 2.45) is 0 Å². The van der Waals surface area contributed by atoms with Crippen LogP contribution in [0, 0.1) is 0 Å². The van der Waals surface area contributed by atoms with E-state index in [2.05, 4.69) is 0 Å². The second-order valence-corrected chi connectivity index (χ2v) is 3.09. The summed E-state index contributed by atoms with van der Waals surface area (Å²) in [7, 11) is 0. The molecule has 0 spiro atoms. The molecule has 0 saturated carbocycles. The molecule has 1 saturated heterocycles. The third kappa shape index (κ3) is 1.96. The lowest BCUT2D eigenvalue weighted by molar-refractivity contribution is 0.0168. The molecule has 0 aliphatic carbocycles. The van der Waals surface area contributed by atoms with Crippen LogP contribution in [0.4, 0.5) is 0 Å². The van der Waals surface area contributed by atoms with Gasteiger partial charge in [-0.2, -0.15) is 0 Å². The van der Waals surface area contributed by atoms with Gasteiger partial charge in [0.2, 0.25) is 0 Å². The molecule has 1 aliphatic rings. The minimum Gasteiger partial charge on any atom is -0.390 e. The lowest BCUT2D eigenvalue weighted by Gasteiger charge is -2.23. The first-order chi connectivity index (χ1) is 4.70. The molecule has 1 fully saturated rings. The highest BCUT2D eigenvalue weighted by Gasteiger charge is 2.33. The molecule has 1 unspecified atom stereocenters. The maximum absolute atomic E-state index is 9.76. The molecule has 0 radical (unpaired) electrons. The van der Waals surface area contributed by atoms with Crippen LogP contribution in [0.2, 0.25) is 0 Å². The lowest BCUT2D eigenvalue weighted by atomic mass is 9.92. The Hall–Kier alpha value is -0.0800. The number of aliphatic hydroxyl groups is 1. The normalized spacial score (nSPS) is 24.9. The first-order valence-corrected chi connectivity index (χ1v) is 4.04. The van der Waals surface area contributed by atoms with E-state index in [0.29, 0.717) is 6.10 Å². The first kappa shape index (κ1) is 8.02. The third-order valence-corrected chi connectivity index (χ3v) is 2.33. The Balaban J connectivity index is 2.29. The largest absolute Gasteiger partial charge is 0.390 e. The van der Waals surface area contributed by atoms with Gasteiger partial charge in [-0.1, -0.05) is 13.8 Å². The standard InChI is InChI=1S/C8H16O2/c1-3-8(9,4-2)5-7-6-10-7/h7,9H,3-6H2,1-2H3. The quantitative estimate of drug-likeness (QED) is 0.604. The molecule has 1 atom stereocenters. The maximum atomic E-state index is 9.76. The van der Waals surface area contributed by atoms with E-state index in [1.54, 1.807) is 0 Å². The van der Waals surface area contributed by atoms with Crippen molar-refractivity contribution < 1.29 is 9.84 Å². The second-order valence-electron chi connectivity index (χ2n) is 3.09.